The fourth-order valence-electron chi connectivity index (χ4n) is 4.12. The molecule has 6 nitrogen and oxygen atoms in total. The van der Waals surface area contributed by atoms with Crippen LogP contribution in [0.5, 0.6) is 5.75 Å². The van der Waals surface area contributed by atoms with Crippen LogP contribution in [0.3, 0.4) is 0 Å². The maximum atomic E-state index is 13.6. The number of carbonyl (C=O) groups is 2. The Hall–Kier alpha value is -4.03. The van der Waals surface area contributed by atoms with Crippen molar-refractivity contribution < 1.29 is 23.8 Å². The topological polar surface area (TPSA) is 80.0 Å². The lowest BCUT2D eigenvalue weighted by Crippen LogP contribution is -2.31. The van der Waals surface area contributed by atoms with Gasteiger partial charge in [-0.05, 0) is 35.9 Å². The molecule has 0 spiro atoms. The second kappa shape index (κ2) is 8.15. The van der Waals surface area contributed by atoms with Gasteiger partial charge in [0.1, 0.15) is 0 Å². The molecule has 5 rings (SSSR count). The molecule has 1 amide bonds. The normalized spacial score (nSPS) is 16.0. The van der Waals surface area contributed by atoms with Gasteiger partial charge in [0.05, 0.1) is 18.7 Å². The average molecular weight is 460 g/mol. The minimum atomic E-state index is -0.861. The maximum Gasteiger partial charge on any atom is 0.294 e. The highest BCUT2D eigenvalue weighted by Crippen LogP contribution is 2.43. The first-order chi connectivity index (χ1) is 16.0. The fraction of sp³-hybridized carbons (Fsp3) is 0.0769. The summed E-state index contributed by atoms with van der Waals surface area (Å²) in [4.78, 5) is 28.2. The standard InChI is InChI=1S/C26H18ClNO5/c1-32-19-12-5-9-16-13-20(33-25(16)19)23(29)21-22(15-7-3-2-4-8-15)28(26(31)24(21)30)18-11-6-10-17(27)14-18/h2-14,22,30H,1H3. The number of carbonyl (C=O) groups excluding carboxylic acids is 2. The van der Waals surface area contributed by atoms with Crippen molar-refractivity contribution in [2.24, 2.45) is 0 Å². The number of amides is 1. The van der Waals surface area contributed by atoms with Crippen molar-refractivity contribution in [3.63, 3.8) is 0 Å². The number of hydrogen-bond donors (Lipinski definition) is 1. The van der Waals surface area contributed by atoms with E-state index in [1.54, 1.807) is 72.8 Å². The summed E-state index contributed by atoms with van der Waals surface area (Å²) in [6, 6.07) is 21.8. The number of furan rings is 1. The minimum Gasteiger partial charge on any atom is -0.503 e. The van der Waals surface area contributed by atoms with Crippen molar-refractivity contribution in [2.45, 2.75) is 6.04 Å². The SMILES string of the molecule is COc1cccc2cc(C(=O)C3=C(O)C(=O)N(c4cccc(Cl)c4)C3c3ccccc3)oc12. The first kappa shape index (κ1) is 20.8. The number of benzene rings is 3. The van der Waals surface area contributed by atoms with Crippen molar-refractivity contribution in [3.05, 3.63) is 107 Å². The Morgan fingerprint density at radius 2 is 1.79 bits per heavy atom. The number of aliphatic hydroxyl groups is 1. The third-order valence-electron chi connectivity index (χ3n) is 5.61. The van der Waals surface area contributed by atoms with E-state index in [2.05, 4.69) is 0 Å². The predicted octanol–water partition coefficient (Wildman–Crippen LogP) is 5.88. The summed E-state index contributed by atoms with van der Waals surface area (Å²) in [5, 5.41) is 12.0. The molecular formula is C26H18ClNO5. The zero-order valence-corrected chi connectivity index (χ0v) is 18.2. The number of Topliss-reactive ketones (excluding diaryl/α,β-unsaturated/α-hetero) is 1. The molecule has 0 saturated heterocycles. The zero-order chi connectivity index (χ0) is 23.1. The molecule has 33 heavy (non-hydrogen) atoms. The van der Waals surface area contributed by atoms with Crippen LogP contribution in [0.25, 0.3) is 11.0 Å². The summed E-state index contributed by atoms with van der Waals surface area (Å²) < 4.78 is 11.1. The lowest BCUT2D eigenvalue weighted by atomic mass is 9.95. The van der Waals surface area contributed by atoms with E-state index in [1.165, 1.54) is 12.0 Å². The van der Waals surface area contributed by atoms with E-state index in [-0.39, 0.29) is 11.3 Å². The number of hydrogen-bond acceptors (Lipinski definition) is 5. The second-order valence-corrected chi connectivity index (χ2v) is 7.99. The van der Waals surface area contributed by atoms with Crippen LogP contribution in [-0.4, -0.2) is 23.9 Å². The zero-order valence-electron chi connectivity index (χ0n) is 17.5. The van der Waals surface area contributed by atoms with Gasteiger partial charge in [-0.1, -0.05) is 60.1 Å². The van der Waals surface area contributed by atoms with Crippen molar-refractivity contribution in [3.8, 4) is 5.75 Å². The maximum absolute atomic E-state index is 13.6. The number of rotatable bonds is 5. The number of ether oxygens (including phenoxy) is 1. The van der Waals surface area contributed by atoms with Crippen molar-refractivity contribution >= 4 is 39.9 Å². The summed E-state index contributed by atoms with van der Waals surface area (Å²) in [6.45, 7) is 0. The summed E-state index contributed by atoms with van der Waals surface area (Å²) in [5.41, 5.74) is 1.47. The number of halogens is 1. The van der Waals surface area contributed by atoms with Crippen molar-refractivity contribution in [2.75, 3.05) is 12.0 Å². The van der Waals surface area contributed by atoms with Gasteiger partial charge in [-0.25, -0.2) is 0 Å². The number of nitrogens with zero attached hydrogens (tertiary/aromatic N) is 1. The molecule has 1 aromatic heterocycles. The molecule has 0 fully saturated rings. The van der Waals surface area contributed by atoms with Gasteiger partial charge >= 0.3 is 0 Å². The highest BCUT2D eigenvalue weighted by atomic mass is 35.5. The van der Waals surface area contributed by atoms with Crippen LogP contribution in [0.2, 0.25) is 5.02 Å². The first-order valence-corrected chi connectivity index (χ1v) is 10.6. The molecule has 1 atom stereocenters. The highest BCUT2D eigenvalue weighted by Gasteiger charge is 2.45. The van der Waals surface area contributed by atoms with Crippen LogP contribution >= 0.6 is 11.6 Å². The lowest BCUT2D eigenvalue weighted by Gasteiger charge is -2.26. The van der Waals surface area contributed by atoms with Crippen LogP contribution in [0, 0.1) is 0 Å². The number of ketones is 1. The smallest absolute Gasteiger partial charge is 0.294 e. The quantitative estimate of drug-likeness (QED) is 0.377. The molecule has 1 N–H and O–H groups in total. The Morgan fingerprint density at radius 1 is 1.03 bits per heavy atom. The first-order valence-electron chi connectivity index (χ1n) is 10.2. The number of para-hydroxylation sites is 1. The van der Waals surface area contributed by atoms with Gasteiger partial charge in [-0.2, -0.15) is 0 Å². The van der Waals surface area contributed by atoms with Crippen molar-refractivity contribution in [1.82, 2.24) is 0 Å². The second-order valence-electron chi connectivity index (χ2n) is 7.55. The van der Waals surface area contributed by atoms with E-state index in [4.69, 9.17) is 20.8 Å². The van der Waals surface area contributed by atoms with Gasteiger partial charge in [0.2, 0.25) is 5.78 Å². The van der Waals surface area contributed by atoms with Gasteiger partial charge in [0.25, 0.3) is 5.91 Å². The molecule has 2 heterocycles. The van der Waals surface area contributed by atoms with Crippen molar-refractivity contribution in [1.29, 1.82) is 0 Å². The molecule has 1 aliphatic rings. The lowest BCUT2D eigenvalue weighted by molar-refractivity contribution is -0.117. The Kier molecular flexibility index (Phi) is 5.15. The molecule has 3 aromatic carbocycles. The molecule has 0 radical (unpaired) electrons. The van der Waals surface area contributed by atoms with E-state index < -0.39 is 23.5 Å². The molecule has 0 bridgehead atoms. The number of anilines is 1. The molecule has 4 aromatic rings. The third kappa shape index (κ3) is 3.45. The largest absolute Gasteiger partial charge is 0.503 e. The van der Waals surface area contributed by atoms with E-state index in [9.17, 15) is 14.7 Å². The third-order valence-corrected chi connectivity index (χ3v) is 5.84. The van der Waals surface area contributed by atoms with E-state index >= 15 is 0 Å². The average Bonchev–Trinajstić information content (AvgIpc) is 3.38. The van der Waals surface area contributed by atoms with E-state index in [1.807, 2.05) is 6.07 Å². The monoisotopic (exact) mass is 459 g/mol. The van der Waals surface area contributed by atoms with Gasteiger partial charge in [-0.15, -0.1) is 0 Å². The Bertz CT molecular complexity index is 1420. The van der Waals surface area contributed by atoms with Gasteiger partial charge < -0.3 is 14.3 Å². The summed E-state index contributed by atoms with van der Waals surface area (Å²) in [6.07, 6.45) is 0. The number of fused-ring (bicyclic) bond motifs is 1. The minimum absolute atomic E-state index is 0.00211. The van der Waals surface area contributed by atoms with Crippen LogP contribution in [0.15, 0.2) is 94.6 Å². The van der Waals surface area contributed by atoms with Crippen LogP contribution in [0.1, 0.15) is 22.2 Å². The number of methoxy groups -OCH3 is 1. The molecule has 164 valence electrons. The summed E-state index contributed by atoms with van der Waals surface area (Å²) >= 11 is 6.16. The molecule has 1 aliphatic heterocycles. The number of aliphatic hydroxyl groups excluding tert-OH is 1. The summed E-state index contributed by atoms with van der Waals surface area (Å²) in [5.74, 6) is -1.42. The Labute approximate surface area is 194 Å². The summed E-state index contributed by atoms with van der Waals surface area (Å²) in [7, 11) is 1.51. The van der Waals surface area contributed by atoms with Crippen LogP contribution < -0.4 is 9.64 Å². The van der Waals surface area contributed by atoms with Gasteiger partial charge in [0.15, 0.2) is 22.9 Å². The van der Waals surface area contributed by atoms with Crippen LogP contribution in [0.4, 0.5) is 5.69 Å². The Balaban J connectivity index is 1.66. The van der Waals surface area contributed by atoms with Gasteiger partial charge in [0, 0.05) is 16.1 Å². The predicted molar refractivity (Wildman–Crippen MR) is 125 cm³/mol. The van der Waals surface area contributed by atoms with E-state index in [0.29, 0.717) is 33.0 Å². The van der Waals surface area contributed by atoms with E-state index in [0.717, 1.165) is 0 Å². The molecule has 1 unspecified atom stereocenters. The highest BCUT2D eigenvalue weighted by molar-refractivity contribution is 6.31. The van der Waals surface area contributed by atoms with Gasteiger partial charge in [-0.3, -0.25) is 14.5 Å². The molecule has 0 saturated carbocycles. The Morgan fingerprint density at radius 3 is 2.52 bits per heavy atom. The van der Waals surface area contributed by atoms with Crippen LogP contribution in [-0.2, 0) is 4.79 Å². The molecule has 7 heteroatoms. The molecular weight excluding hydrogens is 442 g/mol. The fourth-order valence-corrected chi connectivity index (χ4v) is 4.31. The molecule has 0 aliphatic carbocycles.